The van der Waals surface area contributed by atoms with Gasteiger partial charge in [0.15, 0.2) is 6.10 Å². The van der Waals surface area contributed by atoms with Gasteiger partial charge in [0.2, 0.25) is 0 Å². The van der Waals surface area contributed by atoms with Gasteiger partial charge in [-0.15, -0.1) is 0 Å². The van der Waals surface area contributed by atoms with Crippen LogP contribution in [0.1, 0.15) is 17.3 Å². The second-order valence-electron chi connectivity index (χ2n) is 5.08. The first-order valence-electron chi connectivity index (χ1n) is 7.09. The monoisotopic (exact) mass is 363 g/mol. The minimum Gasteiger partial charge on any atom is -0.449 e. The van der Waals surface area contributed by atoms with Crippen molar-refractivity contribution in [2.24, 2.45) is 0 Å². The fraction of sp³-hybridized carbons (Fsp3) is 0.125. The first-order chi connectivity index (χ1) is 11.8. The van der Waals surface area contributed by atoms with Gasteiger partial charge in [-0.1, -0.05) is 17.7 Å². The number of amides is 1. The van der Waals surface area contributed by atoms with Crippen LogP contribution < -0.4 is 11.1 Å². The summed E-state index contributed by atoms with van der Waals surface area (Å²) < 4.78 is 5.05. The quantitative estimate of drug-likeness (QED) is 0.364. The lowest BCUT2D eigenvalue weighted by Crippen LogP contribution is -2.30. The van der Waals surface area contributed by atoms with Crippen molar-refractivity contribution in [3.63, 3.8) is 0 Å². The lowest BCUT2D eigenvalue weighted by molar-refractivity contribution is -0.384. The van der Waals surface area contributed by atoms with Crippen LogP contribution in [0, 0.1) is 10.1 Å². The summed E-state index contributed by atoms with van der Waals surface area (Å²) in [6.07, 6.45) is -1.11. The second-order valence-corrected chi connectivity index (χ2v) is 5.51. The number of nitro groups is 1. The summed E-state index contributed by atoms with van der Waals surface area (Å²) in [5, 5.41) is 13.7. The van der Waals surface area contributed by atoms with E-state index in [0.717, 1.165) is 12.1 Å². The average Bonchev–Trinajstić information content (AvgIpc) is 2.54. The van der Waals surface area contributed by atoms with Crippen molar-refractivity contribution in [2.75, 3.05) is 11.1 Å². The molecule has 2 aromatic carbocycles. The number of nitrogens with zero attached hydrogens (tertiary/aromatic N) is 1. The van der Waals surface area contributed by atoms with Gasteiger partial charge in [0.25, 0.3) is 11.6 Å². The zero-order valence-corrected chi connectivity index (χ0v) is 13.8. The molecule has 0 aromatic heterocycles. The molecule has 3 N–H and O–H groups in total. The van der Waals surface area contributed by atoms with E-state index in [9.17, 15) is 19.7 Å². The number of esters is 1. The fourth-order valence-corrected chi connectivity index (χ4v) is 2.13. The van der Waals surface area contributed by atoms with Gasteiger partial charge in [-0.05, 0) is 31.2 Å². The SMILES string of the molecule is C[C@@H](OC(=O)c1ccc([N+](=O)[O-])cc1N)C(=O)Nc1cccc(Cl)c1. The number of carbonyl (C=O) groups excluding carboxylic acids is 2. The molecular weight excluding hydrogens is 350 g/mol. The lowest BCUT2D eigenvalue weighted by Gasteiger charge is -2.14. The van der Waals surface area contributed by atoms with E-state index in [2.05, 4.69) is 5.32 Å². The summed E-state index contributed by atoms with van der Waals surface area (Å²) in [6, 6.07) is 9.84. The van der Waals surface area contributed by atoms with Gasteiger partial charge >= 0.3 is 5.97 Å². The molecule has 8 nitrogen and oxygen atoms in total. The number of carbonyl (C=O) groups is 2. The number of non-ortho nitro benzene ring substituents is 1. The van der Waals surface area contributed by atoms with E-state index in [1.807, 2.05) is 0 Å². The Morgan fingerprint density at radius 3 is 2.60 bits per heavy atom. The highest BCUT2D eigenvalue weighted by Crippen LogP contribution is 2.21. The van der Waals surface area contributed by atoms with Crippen molar-refractivity contribution in [2.45, 2.75) is 13.0 Å². The Balaban J connectivity index is 2.04. The number of nitro benzene ring substituents is 1. The highest BCUT2D eigenvalue weighted by molar-refractivity contribution is 6.30. The smallest absolute Gasteiger partial charge is 0.341 e. The minimum absolute atomic E-state index is 0.0620. The number of rotatable bonds is 5. The predicted molar refractivity (Wildman–Crippen MR) is 92.5 cm³/mol. The van der Waals surface area contributed by atoms with Crippen LogP contribution in [0.5, 0.6) is 0 Å². The topological polar surface area (TPSA) is 125 Å². The van der Waals surface area contributed by atoms with E-state index in [0.29, 0.717) is 10.7 Å². The van der Waals surface area contributed by atoms with Crippen molar-refractivity contribution < 1.29 is 19.2 Å². The van der Waals surface area contributed by atoms with Crippen molar-refractivity contribution in [1.29, 1.82) is 0 Å². The minimum atomic E-state index is -1.11. The molecule has 2 rings (SSSR count). The molecule has 0 bridgehead atoms. The van der Waals surface area contributed by atoms with Crippen molar-refractivity contribution in [1.82, 2.24) is 0 Å². The summed E-state index contributed by atoms with van der Waals surface area (Å²) >= 11 is 5.83. The third kappa shape index (κ3) is 4.67. The van der Waals surface area contributed by atoms with Crippen LogP contribution in [-0.2, 0) is 9.53 Å². The molecule has 2 aromatic rings. The van der Waals surface area contributed by atoms with Gasteiger partial charge in [0, 0.05) is 22.8 Å². The van der Waals surface area contributed by atoms with Crippen LogP contribution in [0.25, 0.3) is 0 Å². The molecule has 9 heteroatoms. The van der Waals surface area contributed by atoms with Gasteiger partial charge in [0.1, 0.15) is 0 Å². The Hall–Kier alpha value is -3.13. The molecule has 130 valence electrons. The number of halogens is 1. The number of hydrogen-bond donors (Lipinski definition) is 2. The zero-order valence-electron chi connectivity index (χ0n) is 13.1. The molecular formula is C16H14ClN3O5. The number of anilines is 2. The maximum absolute atomic E-state index is 12.1. The highest BCUT2D eigenvalue weighted by atomic mass is 35.5. The Labute approximate surface area is 147 Å². The molecule has 0 aliphatic rings. The van der Waals surface area contributed by atoms with Gasteiger partial charge in [-0.25, -0.2) is 4.79 Å². The van der Waals surface area contributed by atoms with Crippen LogP contribution >= 0.6 is 11.6 Å². The number of ether oxygens (including phenoxy) is 1. The van der Waals surface area contributed by atoms with Crippen LogP contribution in [0.2, 0.25) is 5.02 Å². The first kappa shape index (κ1) is 18.2. The van der Waals surface area contributed by atoms with Crippen LogP contribution in [0.3, 0.4) is 0 Å². The normalized spacial score (nSPS) is 11.4. The Morgan fingerprint density at radius 1 is 1.28 bits per heavy atom. The van der Waals surface area contributed by atoms with E-state index >= 15 is 0 Å². The number of nitrogens with one attached hydrogen (secondary N) is 1. The maximum Gasteiger partial charge on any atom is 0.341 e. The molecule has 0 heterocycles. The van der Waals surface area contributed by atoms with Crippen LogP contribution in [-0.4, -0.2) is 22.9 Å². The molecule has 0 aliphatic heterocycles. The predicted octanol–water partition coefficient (Wildman–Crippen LogP) is 3.01. The van der Waals surface area contributed by atoms with Crippen LogP contribution in [0.15, 0.2) is 42.5 Å². The Bertz CT molecular complexity index is 840. The van der Waals surface area contributed by atoms with Gasteiger partial charge in [-0.2, -0.15) is 0 Å². The number of benzene rings is 2. The van der Waals surface area contributed by atoms with E-state index in [1.54, 1.807) is 24.3 Å². The molecule has 1 amide bonds. The van der Waals surface area contributed by atoms with Crippen LogP contribution in [0.4, 0.5) is 17.1 Å². The summed E-state index contributed by atoms with van der Waals surface area (Å²) in [5.41, 5.74) is 5.66. The summed E-state index contributed by atoms with van der Waals surface area (Å²) in [5.74, 6) is -1.42. The molecule has 1 atom stereocenters. The molecule has 0 unspecified atom stereocenters. The van der Waals surface area contributed by atoms with Crippen molar-refractivity contribution in [3.8, 4) is 0 Å². The summed E-state index contributed by atoms with van der Waals surface area (Å²) in [4.78, 5) is 34.2. The van der Waals surface area contributed by atoms with Crippen molar-refractivity contribution in [3.05, 3.63) is 63.2 Å². The van der Waals surface area contributed by atoms with E-state index in [4.69, 9.17) is 22.1 Å². The Kier molecular flexibility index (Phi) is 5.56. The summed E-state index contributed by atoms with van der Waals surface area (Å²) in [7, 11) is 0. The highest BCUT2D eigenvalue weighted by Gasteiger charge is 2.21. The molecule has 0 fully saturated rings. The van der Waals surface area contributed by atoms with E-state index < -0.39 is 22.9 Å². The summed E-state index contributed by atoms with van der Waals surface area (Å²) in [6.45, 7) is 1.39. The van der Waals surface area contributed by atoms with Gasteiger partial charge in [0.05, 0.1) is 16.2 Å². The first-order valence-corrected chi connectivity index (χ1v) is 7.47. The molecule has 25 heavy (non-hydrogen) atoms. The molecule has 0 saturated heterocycles. The standard InChI is InChI=1S/C16H14ClN3O5/c1-9(15(21)19-11-4-2-3-10(17)7-11)25-16(22)13-6-5-12(20(23)24)8-14(13)18/h2-9H,18H2,1H3,(H,19,21)/t9-/m1/s1. The average molecular weight is 364 g/mol. The number of hydrogen-bond acceptors (Lipinski definition) is 6. The Morgan fingerprint density at radius 2 is 2.00 bits per heavy atom. The number of nitrogens with two attached hydrogens (primary N) is 1. The fourth-order valence-electron chi connectivity index (χ4n) is 1.94. The lowest BCUT2D eigenvalue weighted by atomic mass is 10.1. The largest absolute Gasteiger partial charge is 0.449 e. The third-order valence-corrected chi connectivity index (χ3v) is 3.45. The van der Waals surface area contributed by atoms with E-state index in [1.165, 1.54) is 13.0 Å². The number of nitrogen functional groups attached to an aromatic ring is 1. The van der Waals surface area contributed by atoms with Gasteiger partial charge in [-0.3, -0.25) is 14.9 Å². The second kappa shape index (κ2) is 7.63. The molecule has 0 spiro atoms. The zero-order chi connectivity index (χ0) is 18.6. The maximum atomic E-state index is 12.1. The molecule has 0 radical (unpaired) electrons. The molecule has 0 aliphatic carbocycles. The van der Waals surface area contributed by atoms with Gasteiger partial charge < -0.3 is 15.8 Å². The van der Waals surface area contributed by atoms with E-state index in [-0.39, 0.29) is 16.9 Å². The molecule has 0 saturated carbocycles. The van der Waals surface area contributed by atoms with Crippen molar-refractivity contribution >= 4 is 40.5 Å². The third-order valence-electron chi connectivity index (χ3n) is 3.21.